The first-order valence-electron chi connectivity index (χ1n) is 10.7. The first kappa shape index (κ1) is 22.1. The molecule has 1 aromatic carbocycles. The molecule has 2 saturated heterocycles. The summed E-state index contributed by atoms with van der Waals surface area (Å²) in [5, 5.41) is 6.62. The molecule has 166 valence electrons. The van der Waals surface area contributed by atoms with Gasteiger partial charge in [-0.15, -0.1) is 0 Å². The fourth-order valence-corrected chi connectivity index (χ4v) is 3.91. The summed E-state index contributed by atoms with van der Waals surface area (Å²) >= 11 is 0. The number of guanidine groups is 1. The molecular weight excluding hydrogens is 392 g/mol. The second-order valence-electron chi connectivity index (χ2n) is 7.52. The lowest BCUT2D eigenvalue weighted by atomic mass is 10.2. The van der Waals surface area contributed by atoms with E-state index in [1.165, 1.54) is 0 Å². The lowest BCUT2D eigenvalue weighted by Crippen LogP contribution is -2.44. The number of para-hydroxylation sites is 2. The van der Waals surface area contributed by atoms with Crippen LogP contribution in [0.15, 0.2) is 29.3 Å². The number of carbonyl (C=O) groups is 1. The molecule has 0 aromatic heterocycles. The van der Waals surface area contributed by atoms with Crippen molar-refractivity contribution < 1.29 is 18.3 Å². The van der Waals surface area contributed by atoms with Crippen LogP contribution in [0.1, 0.15) is 32.6 Å². The number of halogens is 2. The molecule has 2 heterocycles. The molecule has 0 saturated carbocycles. The first-order valence-corrected chi connectivity index (χ1v) is 10.7. The standard InChI is InChI=1S/C21H31F2N5O2/c1-2-24-21(25-11-9-19(29)27-12-5-6-13-27)26-16-10-14-28(15-16)17-7-3-4-8-18(17)30-20(22)23/h3-4,7-8,16,20H,2,5-6,9-15H2,1H3,(H2,24,25,26). The van der Waals surface area contributed by atoms with E-state index in [4.69, 9.17) is 0 Å². The van der Waals surface area contributed by atoms with Crippen LogP contribution in [0.25, 0.3) is 0 Å². The smallest absolute Gasteiger partial charge is 0.387 e. The van der Waals surface area contributed by atoms with Gasteiger partial charge in [0.2, 0.25) is 5.91 Å². The van der Waals surface area contributed by atoms with Gasteiger partial charge in [0.25, 0.3) is 0 Å². The average Bonchev–Trinajstić information content (AvgIpc) is 3.40. The topological polar surface area (TPSA) is 69.2 Å². The summed E-state index contributed by atoms with van der Waals surface area (Å²) in [6.45, 7) is 3.39. The van der Waals surface area contributed by atoms with E-state index in [9.17, 15) is 13.6 Å². The number of ether oxygens (including phenoxy) is 1. The molecule has 0 radical (unpaired) electrons. The van der Waals surface area contributed by atoms with Gasteiger partial charge in [-0.3, -0.25) is 9.79 Å². The van der Waals surface area contributed by atoms with Gasteiger partial charge in [0.05, 0.1) is 12.2 Å². The monoisotopic (exact) mass is 423 g/mol. The van der Waals surface area contributed by atoms with E-state index in [0.29, 0.717) is 37.7 Å². The first-order chi connectivity index (χ1) is 14.6. The van der Waals surface area contributed by atoms with E-state index in [1.54, 1.807) is 18.2 Å². The molecule has 1 atom stereocenters. The zero-order valence-electron chi connectivity index (χ0n) is 17.4. The average molecular weight is 424 g/mol. The minimum Gasteiger partial charge on any atom is -0.433 e. The van der Waals surface area contributed by atoms with Crippen LogP contribution in [0.2, 0.25) is 0 Å². The zero-order valence-corrected chi connectivity index (χ0v) is 17.4. The van der Waals surface area contributed by atoms with Gasteiger partial charge in [-0.1, -0.05) is 12.1 Å². The van der Waals surface area contributed by atoms with Gasteiger partial charge in [0.15, 0.2) is 5.96 Å². The van der Waals surface area contributed by atoms with Gasteiger partial charge in [-0.2, -0.15) is 8.78 Å². The van der Waals surface area contributed by atoms with Crippen molar-refractivity contribution in [3.8, 4) is 5.75 Å². The second-order valence-corrected chi connectivity index (χ2v) is 7.52. The zero-order chi connectivity index (χ0) is 21.3. The fraction of sp³-hybridized carbons (Fsp3) is 0.619. The summed E-state index contributed by atoms with van der Waals surface area (Å²) in [5.74, 6) is 1.03. The van der Waals surface area contributed by atoms with Crippen LogP contribution in [0.3, 0.4) is 0 Å². The number of hydrogen-bond acceptors (Lipinski definition) is 4. The molecule has 7 nitrogen and oxygen atoms in total. The van der Waals surface area contributed by atoms with Gasteiger partial charge in [0.1, 0.15) is 5.75 Å². The molecule has 1 amide bonds. The number of nitrogens with one attached hydrogen (secondary N) is 2. The number of benzene rings is 1. The Hall–Kier alpha value is -2.58. The maximum absolute atomic E-state index is 12.7. The van der Waals surface area contributed by atoms with E-state index in [2.05, 4.69) is 20.4 Å². The SMILES string of the molecule is CCNC(=NCCC(=O)N1CCCC1)NC1CCN(c2ccccc2OC(F)F)C1. The number of likely N-dealkylation sites (tertiary alicyclic amines) is 1. The Balaban J connectivity index is 1.53. The predicted molar refractivity (Wildman–Crippen MR) is 113 cm³/mol. The number of carbonyl (C=O) groups excluding carboxylic acids is 1. The Morgan fingerprint density at radius 2 is 2.03 bits per heavy atom. The summed E-state index contributed by atoms with van der Waals surface area (Å²) in [6, 6.07) is 6.98. The van der Waals surface area contributed by atoms with Gasteiger partial charge in [0, 0.05) is 45.2 Å². The van der Waals surface area contributed by atoms with E-state index in [-0.39, 0.29) is 17.7 Å². The largest absolute Gasteiger partial charge is 0.433 e. The molecule has 30 heavy (non-hydrogen) atoms. The lowest BCUT2D eigenvalue weighted by Gasteiger charge is -2.22. The molecule has 2 N–H and O–H groups in total. The van der Waals surface area contributed by atoms with Crippen LogP contribution < -0.4 is 20.3 Å². The van der Waals surface area contributed by atoms with Crippen LogP contribution in [0.5, 0.6) is 5.75 Å². The molecule has 2 fully saturated rings. The molecule has 9 heteroatoms. The van der Waals surface area contributed by atoms with Crippen molar-refractivity contribution in [2.24, 2.45) is 4.99 Å². The second kappa shape index (κ2) is 11.0. The van der Waals surface area contributed by atoms with Crippen molar-refractivity contribution in [1.29, 1.82) is 0 Å². The molecule has 2 aliphatic heterocycles. The van der Waals surface area contributed by atoms with Crippen molar-refractivity contribution in [2.45, 2.75) is 45.3 Å². The number of nitrogens with zero attached hydrogens (tertiary/aromatic N) is 3. The Labute approximate surface area is 176 Å². The fourth-order valence-electron chi connectivity index (χ4n) is 3.91. The maximum atomic E-state index is 12.7. The molecule has 1 unspecified atom stereocenters. The molecule has 1 aromatic rings. The molecule has 0 bridgehead atoms. The van der Waals surface area contributed by atoms with E-state index < -0.39 is 6.61 Å². The van der Waals surface area contributed by atoms with Crippen molar-refractivity contribution >= 4 is 17.6 Å². The normalized spacial score (nSPS) is 19.5. The van der Waals surface area contributed by atoms with Crippen LogP contribution in [-0.2, 0) is 4.79 Å². The lowest BCUT2D eigenvalue weighted by molar-refractivity contribution is -0.129. The van der Waals surface area contributed by atoms with E-state index in [1.807, 2.05) is 22.8 Å². The summed E-state index contributed by atoms with van der Waals surface area (Å²) in [5.41, 5.74) is 0.667. The third kappa shape index (κ3) is 6.21. The highest BCUT2D eigenvalue weighted by Gasteiger charge is 2.26. The minimum atomic E-state index is -2.85. The summed E-state index contributed by atoms with van der Waals surface area (Å²) in [4.78, 5) is 20.7. The Bertz CT molecular complexity index is 725. The third-order valence-corrected chi connectivity index (χ3v) is 5.35. The Morgan fingerprint density at radius 3 is 2.77 bits per heavy atom. The number of aliphatic imine (C=N–C) groups is 1. The third-order valence-electron chi connectivity index (χ3n) is 5.35. The number of alkyl halides is 2. The van der Waals surface area contributed by atoms with Crippen molar-refractivity contribution in [3.05, 3.63) is 24.3 Å². The maximum Gasteiger partial charge on any atom is 0.387 e. The molecule has 0 spiro atoms. The summed E-state index contributed by atoms with van der Waals surface area (Å²) in [6.07, 6.45) is 3.43. The highest BCUT2D eigenvalue weighted by Crippen LogP contribution is 2.31. The minimum absolute atomic E-state index is 0.122. The van der Waals surface area contributed by atoms with Crippen LogP contribution in [-0.4, -0.2) is 68.7 Å². The Morgan fingerprint density at radius 1 is 1.27 bits per heavy atom. The molecule has 0 aliphatic carbocycles. The van der Waals surface area contributed by atoms with Crippen molar-refractivity contribution in [2.75, 3.05) is 44.2 Å². The van der Waals surface area contributed by atoms with Gasteiger partial charge < -0.3 is 25.2 Å². The number of hydrogen-bond donors (Lipinski definition) is 2. The highest BCUT2D eigenvalue weighted by atomic mass is 19.3. The quantitative estimate of drug-likeness (QED) is 0.497. The van der Waals surface area contributed by atoms with E-state index >= 15 is 0 Å². The van der Waals surface area contributed by atoms with Crippen LogP contribution in [0, 0.1) is 0 Å². The van der Waals surface area contributed by atoms with Crippen molar-refractivity contribution in [3.63, 3.8) is 0 Å². The van der Waals surface area contributed by atoms with E-state index in [0.717, 1.165) is 38.9 Å². The van der Waals surface area contributed by atoms with Crippen molar-refractivity contribution in [1.82, 2.24) is 15.5 Å². The number of amides is 1. The molecular formula is C21H31F2N5O2. The molecule has 3 rings (SSSR count). The number of anilines is 1. The van der Waals surface area contributed by atoms with Gasteiger partial charge in [-0.05, 0) is 38.3 Å². The molecule has 2 aliphatic rings. The highest BCUT2D eigenvalue weighted by molar-refractivity contribution is 5.81. The number of rotatable bonds is 8. The van der Waals surface area contributed by atoms with Crippen LogP contribution >= 0.6 is 0 Å². The van der Waals surface area contributed by atoms with Crippen LogP contribution in [0.4, 0.5) is 14.5 Å². The summed E-state index contributed by atoms with van der Waals surface area (Å²) in [7, 11) is 0. The Kier molecular flexibility index (Phi) is 8.10. The van der Waals surface area contributed by atoms with Gasteiger partial charge >= 0.3 is 6.61 Å². The predicted octanol–water partition coefficient (Wildman–Crippen LogP) is 2.43. The summed E-state index contributed by atoms with van der Waals surface area (Å²) < 4.78 is 30.0. The van der Waals surface area contributed by atoms with Gasteiger partial charge in [-0.25, -0.2) is 0 Å².